The van der Waals surface area contributed by atoms with Crippen LogP contribution < -0.4 is 10.6 Å². The number of phenols is 1. The number of anilines is 1. The maximum atomic E-state index is 12.3. The highest BCUT2D eigenvalue weighted by atomic mass is 16.3. The Hall–Kier alpha value is -1.55. The zero-order valence-corrected chi connectivity index (χ0v) is 12.8. The number of hydrogen-bond acceptors (Lipinski definition) is 3. The molecule has 3 N–H and O–H groups in total. The molecule has 0 aliphatic carbocycles. The van der Waals surface area contributed by atoms with Gasteiger partial charge >= 0.3 is 0 Å². The van der Waals surface area contributed by atoms with Gasteiger partial charge in [-0.15, -0.1) is 0 Å². The van der Waals surface area contributed by atoms with E-state index in [1.807, 2.05) is 19.9 Å². The molecule has 2 aliphatic rings. The average molecular weight is 288 g/mol. The molecule has 2 fully saturated rings. The van der Waals surface area contributed by atoms with Crippen LogP contribution in [0.5, 0.6) is 5.75 Å². The fraction of sp³-hybridized carbons (Fsp3) is 0.588. The van der Waals surface area contributed by atoms with Gasteiger partial charge in [0, 0.05) is 24.2 Å². The van der Waals surface area contributed by atoms with E-state index in [0.717, 1.165) is 29.7 Å². The minimum Gasteiger partial charge on any atom is -0.508 e. The highest BCUT2D eigenvalue weighted by Crippen LogP contribution is 2.33. The van der Waals surface area contributed by atoms with Gasteiger partial charge in [0.2, 0.25) is 5.91 Å². The minimum atomic E-state index is 0.0921. The second-order valence-corrected chi connectivity index (χ2v) is 6.68. The molecular weight excluding hydrogens is 264 g/mol. The van der Waals surface area contributed by atoms with Crippen LogP contribution in [0.4, 0.5) is 5.69 Å². The number of nitrogens with one attached hydrogen (secondary N) is 2. The van der Waals surface area contributed by atoms with E-state index < -0.39 is 0 Å². The molecule has 114 valence electrons. The van der Waals surface area contributed by atoms with Crippen molar-refractivity contribution in [3.63, 3.8) is 0 Å². The third-order valence-electron chi connectivity index (χ3n) is 4.86. The van der Waals surface area contributed by atoms with Crippen molar-refractivity contribution in [2.75, 3.05) is 5.32 Å². The summed E-state index contributed by atoms with van der Waals surface area (Å²) in [5.74, 6) is 0.872. The van der Waals surface area contributed by atoms with Gasteiger partial charge in [-0.3, -0.25) is 4.79 Å². The Morgan fingerprint density at radius 1 is 1.24 bits per heavy atom. The monoisotopic (exact) mass is 288 g/mol. The summed E-state index contributed by atoms with van der Waals surface area (Å²) in [6.07, 6.45) is 5.38. The number of hydrogen-bond donors (Lipinski definition) is 3. The van der Waals surface area contributed by atoms with E-state index in [9.17, 15) is 9.90 Å². The Morgan fingerprint density at radius 3 is 2.57 bits per heavy atom. The summed E-state index contributed by atoms with van der Waals surface area (Å²) in [5, 5.41) is 16.3. The normalized spacial score (nSPS) is 27.6. The van der Waals surface area contributed by atoms with Crippen LogP contribution >= 0.6 is 0 Å². The number of carbonyl (C=O) groups excluding carboxylic acids is 1. The first-order valence-electron chi connectivity index (χ1n) is 7.87. The molecule has 2 saturated heterocycles. The maximum absolute atomic E-state index is 12.3. The van der Waals surface area contributed by atoms with Crippen LogP contribution in [0.1, 0.15) is 43.2 Å². The van der Waals surface area contributed by atoms with Crippen molar-refractivity contribution in [3.8, 4) is 5.75 Å². The predicted molar refractivity (Wildman–Crippen MR) is 83.5 cm³/mol. The molecule has 4 nitrogen and oxygen atoms in total. The van der Waals surface area contributed by atoms with Gasteiger partial charge in [0.05, 0.1) is 0 Å². The van der Waals surface area contributed by atoms with Crippen molar-refractivity contribution >= 4 is 11.6 Å². The van der Waals surface area contributed by atoms with Crippen LogP contribution in [0.2, 0.25) is 0 Å². The lowest BCUT2D eigenvalue weighted by molar-refractivity contribution is -0.117. The van der Waals surface area contributed by atoms with Gasteiger partial charge in [0.25, 0.3) is 0 Å². The lowest BCUT2D eigenvalue weighted by atomic mass is 9.89. The smallest absolute Gasteiger partial charge is 0.224 e. The summed E-state index contributed by atoms with van der Waals surface area (Å²) in [7, 11) is 0. The van der Waals surface area contributed by atoms with Gasteiger partial charge in [0.15, 0.2) is 0 Å². The van der Waals surface area contributed by atoms with Crippen molar-refractivity contribution in [2.24, 2.45) is 5.92 Å². The maximum Gasteiger partial charge on any atom is 0.224 e. The molecule has 1 aromatic carbocycles. The first-order valence-corrected chi connectivity index (χ1v) is 7.87. The summed E-state index contributed by atoms with van der Waals surface area (Å²) in [6.45, 7) is 3.74. The van der Waals surface area contributed by atoms with E-state index in [1.165, 1.54) is 12.8 Å². The Morgan fingerprint density at radius 2 is 1.90 bits per heavy atom. The van der Waals surface area contributed by atoms with Crippen molar-refractivity contribution < 1.29 is 9.90 Å². The van der Waals surface area contributed by atoms with Gasteiger partial charge in [-0.2, -0.15) is 0 Å². The lowest BCUT2D eigenvalue weighted by Crippen LogP contribution is -2.39. The van der Waals surface area contributed by atoms with Crippen molar-refractivity contribution in [2.45, 2.75) is 58.0 Å². The average Bonchev–Trinajstić information content (AvgIpc) is 2.75. The van der Waals surface area contributed by atoms with Crippen molar-refractivity contribution in [1.29, 1.82) is 0 Å². The fourth-order valence-corrected chi connectivity index (χ4v) is 3.74. The first-order chi connectivity index (χ1) is 10.0. The Bertz CT molecular complexity index is 544. The molecule has 2 heterocycles. The van der Waals surface area contributed by atoms with Crippen LogP contribution in [0.15, 0.2) is 12.1 Å². The van der Waals surface area contributed by atoms with Gasteiger partial charge in [0.1, 0.15) is 5.75 Å². The summed E-state index contributed by atoms with van der Waals surface area (Å²) < 4.78 is 0. The molecule has 0 aromatic heterocycles. The molecular formula is C17H24N2O2. The number of aryl methyl sites for hydroxylation is 2. The van der Waals surface area contributed by atoms with Crippen molar-refractivity contribution in [1.82, 2.24) is 5.32 Å². The molecule has 1 amide bonds. The Kier molecular flexibility index (Phi) is 3.89. The molecule has 2 unspecified atom stereocenters. The molecule has 3 rings (SSSR count). The van der Waals surface area contributed by atoms with Crippen molar-refractivity contribution in [3.05, 3.63) is 23.3 Å². The number of amides is 1. The minimum absolute atomic E-state index is 0.0921. The van der Waals surface area contributed by atoms with E-state index in [1.54, 1.807) is 6.07 Å². The zero-order chi connectivity index (χ0) is 15.0. The van der Waals surface area contributed by atoms with E-state index >= 15 is 0 Å². The van der Waals surface area contributed by atoms with Crippen LogP contribution in [0, 0.1) is 19.8 Å². The molecule has 1 aromatic rings. The number of carbonyl (C=O) groups is 1. The number of phenolic OH excluding ortho intramolecular Hbond substituents is 1. The van der Waals surface area contributed by atoms with Gasteiger partial charge in [-0.25, -0.2) is 0 Å². The highest BCUT2D eigenvalue weighted by molar-refractivity contribution is 5.91. The third-order valence-corrected chi connectivity index (χ3v) is 4.86. The molecule has 0 radical (unpaired) electrons. The second kappa shape index (κ2) is 5.68. The molecule has 0 spiro atoms. The third kappa shape index (κ3) is 3.21. The van der Waals surface area contributed by atoms with E-state index in [4.69, 9.17) is 0 Å². The number of rotatable bonds is 3. The quantitative estimate of drug-likeness (QED) is 0.750. The SMILES string of the molecule is Cc1cc(NC(=O)CC2CC3CCC(C2)N3)c(C)cc1O. The summed E-state index contributed by atoms with van der Waals surface area (Å²) in [6, 6.07) is 4.79. The fourth-order valence-electron chi connectivity index (χ4n) is 3.74. The molecule has 21 heavy (non-hydrogen) atoms. The lowest BCUT2D eigenvalue weighted by Gasteiger charge is -2.28. The second-order valence-electron chi connectivity index (χ2n) is 6.68. The first kappa shape index (κ1) is 14.4. The standard InChI is InChI=1S/C17H24N2O2/c1-10-6-16(20)11(2)5-15(10)19-17(21)9-12-7-13-3-4-14(8-12)18-13/h5-6,12-14,18,20H,3-4,7-9H2,1-2H3,(H,19,21). The Balaban J connectivity index is 1.60. The highest BCUT2D eigenvalue weighted by Gasteiger charge is 2.34. The van der Waals surface area contributed by atoms with E-state index in [0.29, 0.717) is 24.4 Å². The molecule has 2 atom stereocenters. The molecule has 2 bridgehead atoms. The zero-order valence-electron chi connectivity index (χ0n) is 12.8. The summed E-state index contributed by atoms with van der Waals surface area (Å²) in [4.78, 5) is 12.3. The van der Waals surface area contributed by atoms with Gasteiger partial charge in [-0.05, 0) is 68.7 Å². The molecule has 2 aliphatic heterocycles. The van der Waals surface area contributed by atoms with Gasteiger partial charge in [-0.1, -0.05) is 0 Å². The Labute approximate surface area is 125 Å². The molecule has 4 heteroatoms. The largest absolute Gasteiger partial charge is 0.508 e. The molecule has 0 saturated carbocycles. The predicted octanol–water partition coefficient (Wildman–Crippen LogP) is 2.87. The topological polar surface area (TPSA) is 61.4 Å². The van der Waals surface area contributed by atoms with Gasteiger partial charge < -0.3 is 15.7 Å². The van der Waals surface area contributed by atoms with Crippen LogP contribution in [-0.2, 0) is 4.79 Å². The number of fused-ring (bicyclic) bond motifs is 2. The summed E-state index contributed by atoms with van der Waals surface area (Å²) >= 11 is 0. The van der Waals surface area contributed by atoms with Crippen LogP contribution in [0.25, 0.3) is 0 Å². The number of aromatic hydroxyl groups is 1. The van der Waals surface area contributed by atoms with Crippen LogP contribution in [0.3, 0.4) is 0 Å². The van der Waals surface area contributed by atoms with Crippen LogP contribution in [-0.4, -0.2) is 23.1 Å². The number of benzene rings is 1. The van der Waals surface area contributed by atoms with E-state index in [2.05, 4.69) is 10.6 Å². The van der Waals surface area contributed by atoms with E-state index in [-0.39, 0.29) is 11.7 Å². The summed E-state index contributed by atoms with van der Waals surface area (Å²) in [5.41, 5.74) is 2.50. The number of piperidine rings is 1.